The number of amides is 1. The number of benzene rings is 2. The van der Waals surface area contributed by atoms with Crippen molar-refractivity contribution in [3.05, 3.63) is 76.1 Å². The zero-order valence-electron chi connectivity index (χ0n) is 15.6. The largest absolute Gasteiger partial charge is 0.345 e. The highest BCUT2D eigenvalue weighted by Gasteiger charge is 2.22. The Labute approximate surface area is 153 Å². The Balaban J connectivity index is 1.57. The molecule has 1 N–H and O–H groups in total. The molecule has 1 aliphatic carbocycles. The van der Waals surface area contributed by atoms with E-state index in [1.54, 1.807) is 0 Å². The van der Waals surface area contributed by atoms with Crippen molar-refractivity contribution < 1.29 is 4.79 Å². The van der Waals surface area contributed by atoms with Gasteiger partial charge in [-0.05, 0) is 61.6 Å². The van der Waals surface area contributed by atoms with Crippen LogP contribution < -0.4 is 5.32 Å². The second kappa shape index (κ2) is 6.13. The average molecular weight is 345 g/mol. The number of nitrogens with zero attached hydrogens (tertiary/aromatic N) is 2. The van der Waals surface area contributed by atoms with E-state index in [1.807, 2.05) is 44.6 Å². The average Bonchev–Trinajstić information content (AvgIpc) is 3.10. The minimum Gasteiger partial charge on any atom is -0.345 e. The lowest BCUT2D eigenvalue weighted by atomic mass is 10.0. The first-order valence-electron chi connectivity index (χ1n) is 8.98. The van der Waals surface area contributed by atoms with E-state index in [-0.39, 0.29) is 11.9 Å². The summed E-state index contributed by atoms with van der Waals surface area (Å²) < 4.78 is 1.86. The summed E-state index contributed by atoms with van der Waals surface area (Å²) in [5.74, 6) is -0.0427. The topological polar surface area (TPSA) is 46.9 Å². The zero-order chi connectivity index (χ0) is 18.4. The highest BCUT2D eigenvalue weighted by molar-refractivity contribution is 5.96. The van der Waals surface area contributed by atoms with E-state index in [4.69, 9.17) is 0 Å². The lowest BCUT2D eigenvalue weighted by Crippen LogP contribution is -2.27. The molecule has 0 saturated heterocycles. The molecule has 1 amide bonds. The number of nitrogens with one attached hydrogen (secondary N) is 1. The Morgan fingerprint density at radius 3 is 2.58 bits per heavy atom. The number of aromatic nitrogens is 2. The molecule has 1 aromatic heterocycles. The van der Waals surface area contributed by atoms with Crippen LogP contribution in [0.5, 0.6) is 0 Å². The first-order chi connectivity index (χ1) is 12.5. The normalized spacial score (nSPS) is 13.2. The summed E-state index contributed by atoms with van der Waals surface area (Å²) >= 11 is 0. The molecule has 4 heteroatoms. The van der Waals surface area contributed by atoms with Crippen molar-refractivity contribution in [2.75, 3.05) is 0 Å². The molecule has 0 spiro atoms. The van der Waals surface area contributed by atoms with Crippen molar-refractivity contribution in [2.45, 2.75) is 33.2 Å². The summed E-state index contributed by atoms with van der Waals surface area (Å²) in [5.41, 5.74) is 8.92. The van der Waals surface area contributed by atoms with Gasteiger partial charge in [0.25, 0.3) is 5.91 Å². The van der Waals surface area contributed by atoms with Crippen LogP contribution in [0.1, 0.15) is 51.4 Å². The molecule has 1 atom stereocenters. The molecule has 1 heterocycles. The Morgan fingerprint density at radius 2 is 1.85 bits per heavy atom. The number of aryl methyl sites for hydroxylation is 2. The maximum Gasteiger partial charge on any atom is 0.251 e. The van der Waals surface area contributed by atoms with Crippen LogP contribution in [0.25, 0.3) is 11.1 Å². The molecule has 132 valence electrons. The highest BCUT2D eigenvalue weighted by Crippen LogP contribution is 2.36. The second-order valence-electron chi connectivity index (χ2n) is 7.11. The van der Waals surface area contributed by atoms with E-state index < -0.39 is 0 Å². The van der Waals surface area contributed by atoms with Crippen LogP contribution in [0, 0.1) is 13.8 Å². The van der Waals surface area contributed by atoms with Gasteiger partial charge in [0.1, 0.15) is 0 Å². The zero-order valence-corrected chi connectivity index (χ0v) is 15.6. The van der Waals surface area contributed by atoms with E-state index in [9.17, 15) is 4.79 Å². The van der Waals surface area contributed by atoms with Crippen LogP contribution in [0.4, 0.5) is 0 Å². The summed E-state index contributed by atoms with van der Waals surface area (Å²) in [7, 11) is 1.93. The highest BCUT2D eigenvalue weighted by atomic mass is 16.1. The van der Waals surface area contributed by atoms with Crippen LogP contribution in [-0.2, 0) is 13.5 Å². The van der Waals surface area contributed by atoms with Gasteiger partial charge in [0, 0.05) is 23.9 Å². The van der Waals surface area contributed by atoms with Crippen molar-refractivity contribution in [1.29, 1.82) is 0 Å². The van der Waals surface area contributed by atoms with Gasteiger partial charge in [-0.3, -0.25) is 9.48 Å². The van der Waals surface area contributed by atoms with Gasteiger partial charge in [-0.1, -0.05) is 30.3 Å². The Kier molecular flexibility index (Phi) is 3.91. The first kappa shape index (κ1) is 16.6. The smallest absolute Gasteiger partial charge is 0.251 e. The number of hydrogen-bond donors (Lipinski definition) is 1. The fourth-order valence-corrected chi connectivity index (χ4v) is 4.06. The molecule has 0 radical (unpaired) electrons. The number of carbonyl (C=O) groups is 1. The maximum atomic E-state index is 12.8. The molecular formula is C22H23N3O. The fraction of sp³-hybridized carbons (Fsp3) is 0.273. The molecule has 1 aliphatic rings. The number of carbonyl (C=O) groups excluding carboxylic acids is 1. The van der Waals surface area contributed by atoms with Crippen LogP contribution in [-0.4, -0.2) is 15.7 Å². The van der Waals surface area contributed by atoms with E-state index in [1.165, 1.54) is 22.3 Å². The Morgan fingerprint density at radius 1 is 1.12 bits per heavy atom. The molecule has 26 heavy (non-hydrogen) atoms. The van der Waals surface area contributed by atoms with Gasteiger partial charge >= 0.3 is 0 Å². The minimum absolute atomic E-state index is 0.0427. The number of hydrogen-bond acceptors (Lipinski definition) is 2. The summed E-state index contributed by atoms with van der Waals surface area (Å²) in [4.78, 5) is 12.8. The van der Waals surface area contributed by atoms with Gasteiger partial charge in [0.05, 0.1) is 11.7 Å². The van der Waals surface area contributed by atoms with Crippen LogP contribution in [0.2, 0.25) is 0 Å². The van der Waals surface area contributed by atoms with Crippen LogP contribution >= 0.6 is 0 Å². The van der Waals surface area contributed by atoms with Gasteiger partial charge in [-0.2, -0.15) is 5.10 Å². The lowest BCUT2D eigenvalue weighted by Gasteiger charge is -2.15. The van der Waals surface area contributed by atoms with Crippen molar-refractivity contribution in [1.82, 2.24) is 15.1 Å². The molecule has 4 nitrogen and oxygen atoms in total. The van der Waals surface area contributed by atoms with Crippen LogP contribution in [0.15, 0.2) is 42.5 Å². The quantitative estimate of drug-likeness (QED) is 0.608. The fourth-order valence-electron chi connectivity index (χ4n) is 4.06. The Hall–Kier alpha value is -2.88. The standard InChI is InChI=1S/C22H23N3O/c1-13(21-14(2)24-25(4)15(21)3)23-22(26)17-9-10-20-18(12-17)11-16-7-5-6-8-19(16)20/h5-10,12-13H,11H2,1-4H3,(H,23,26). The third kappa shape index (κ3) is 2.62. The predicted molar refractivity (Wildman–Crippen MR) is 103 cm³/mol. The summed E-state index contributed by atoms with van der Waals surface area (Å²) in [6, 6.07) is 14.4. The molecule has 2 aromatic carbocycles. The van der Waals surface area contributed by atoms with E-state index >= 15 is 0 Å². The second-order valence-corrected chi connectivity index (χ2v) is 7.11. The van der Waals surface area contributed by atoms with Crippen molar-refractivity contribution >= 4 is 5.91 Å². The molecule has 4 rings (SSSR count). The molecule has 0 fully saturated rings. The van der Waals surface area contributed by atoms with Crippen molar-refractivity contribution in [3.8, 4) is 11.1 Å². The predicted octanol–water partition coefficient (Wildman–Crippen LogP) is 4.10. The van der Waals surface area contributed by atoms with E-state index in [0.717, 1.165) is 23.4 Å². The molecule has 3 aromatic rings. The molecular weight excluding hydrogens is 322 g/mol. The third-order valence-electron chi connectivity index (χ3n) is 5.40. The number of fused-ring (bicyclic) bond motifs is 3. The Bertz CT molecular complexity index is 1020. The van der Waals surface area contributed by atoms with Gasteiger partial charge in [-0.15, -0.1) is 0 Å². The lowest BCUT2D eigenvalue weighted by molar-refractivity contribution is 0.0939. The summed E-state index contributed by atoms with van der Waals surface area (Å²) in [6.45, 7) is 6.03. The minimum atomic E-state index is -0.0818. The number of rotatable bonds is 3. The van der Waals surface area contributed by atoms with E-state index in [0.29, 0.717) is 5.56 Å². The maximum absolute atomic E-state index is 12.8. The van der Waals surface area contributed by atoms with Crippen molar-refractivity contribution in [3.63, 3.8) is 0 Å². The molecule has 0 aliphatic heterocycles. The van der Waals surface area contributed by atoms with E-state index in [2.05, 4.69) is 40.7 Å². The van der Waals surface area contributed by atoms with Crippen LogP contribution in [0.3, 0.4) is 0 Å². The van der Waals surface area contributed by atoms with Gasteiger partial charge in [-0.25, -0.2) is 0 Å². The van der Waals surface area contributed by atoms with Gasteiger partial charge < -0.3 is 5.32 Å². The molecule has 0 bridgehead atoms. The molecule has 0 saturated carbocycles. The van der Waals surface area contributed by atoms with Gasteiger partial charge in [0.2, 0.25) is 0 Å². The SMILES string of the molecule is Cc1nn(C)c(C)c1C(C)NC(=O)c1ccc2c(c1)Cc1ccccc1-2. The van der Waals surface area contributed by atoms with Crippen molar-refractivity contribution in [2.24, 2.45) is 7.05 Å². The first-order valence-corrected chi connectivity index (χ1v) is 8.98. The summed E-state index contributed by atoms with van der Waals surface area (Å²) in [6.07, 6.45) is 0.892. The van der Waals surface area contributed by atoms with Gasteiger partial charge in [0.15, 0.2) is 0 Å². The molecule has 1 unspecified atom stereocenters. The summed E-state index contributed by atoms with van der Waals surface area (Å²) in [5, 5.41) is 7.57. The third-order valence-corrected chi connectivity index (χ3v) is 5.40. The monoisotopic (exact) mass is 345 g/mol.